The first-order valence-corrected chi connectivity index (χ1v) is 13.0. The summed E-state index contributed by atoms with van der Waals surface area (Å²) in [6.07, 6.45) is 0. The number of carbonyl (C=O) groups excluding carboxylic acids is 2. The van der Waals surface area contributed by atoms with Gasteiger partial charge in [-0.1, -0.05) is 59.9 Å². The lowest BCUT2D eigenvalue weighted by Gasteiger charge is -2.30. The third-order valence-corrected chi connectivity index (χ3v) is 7.56. The van der Waals surface area contributed by atoms with Crippen LogP contribution in [0.15, 0.2) is 87.7 Å². The number of amides is 2. The lowest BCUT2D eigenvalue weighted by molar-refractivity contribution is -0.115. The summed E-state index contributed by atoms with van der Waals surface area (Å²) in [5.41, 5.74) is 3.34. The van der Waals surface area contributed by atoms with E-state index in [0.717, 1.165) is 26.7 Å². The van der Waals surface area contributed by atoms with Crippen molar-refractivity contribution in [2.45, 2.75) is 35.3 Å². The van der Waals surface area contributed by atoms with Gasteiger partial charge in [-0.3, -0.25) is 14.5 Å². The molecule has 1 N–H and O–H groups in total. The van der Waals surface area contributed by atoms with Crippen molar-refractivity contribution >= 4 is 52.4 Å². The maximum absolute atomic E-state index is 13.5. The van der Waals surface area contributed by atoms with E-state index in [1.54, 1.807) is 16.7 Å². The zero-order valence-electron chi connectivity index (χ0n) is 19.3. The van der Waals surface area contributed by atoms with Gasteiger partial charge in [0.05, 0.1) is 17.1 Å². The second kappa shape index (κ2) is 9.97. The molecule has 0 atom stereocenters. The molecule has 4 aromatic rings. The van der Waals surface area contributed by atoms with E-state index in [-0.39, 0.29) is 17.6 Å². The summed E-state index contributed by atoms with van der Waals surface area (Å²) in [5, 5.41) is 12.2. The largest absolute Gasteiger partial charge is 0.326 e. The van der Waals surface area contributed by atoms with E-state index >= 15 is 0 Å². The van der Waals surface area contributed by atoms with Crippen molar-refractivity contribution in [3.8, 4) is 11.4 Å². The monoisotopic (exact) mass is 501 g/mol. The Labute approximate surface area is 211 Å². The van der Waals surface area contributed by atoms with Gasteiger partial charge >= 0.3 is 0 Å². The minimum absolute atomic E-state index is 0.0185. The number of anilines is 3. The van der Waals surface area contributed by atoms with Gasteiger partial charge in [-0.05, 0) is 43.3 Å². The van der Waals surface area contributed by atoms with Crippen LogP contribution in [0.4, 0.5) is 17.1 Å². The normalized spacial score (nSPS) is 12.1. The molecule has 0 fully saturated rings. The van der Waals surface area contributed by atoms with Gasteiger partial charge < -0.3 is 9.88 Å². The molecule has 0 spiro atoms. The molecular weight excluding hydrogens is 478 g/mol. The van der Waals surface area contributed by atoms with Crippen molar-refractivity contribution in [3.63, 3.8) is 0 Å². The number of nitrogens with zero attached hydrogens (tertiary/aromatic N) is 4. The van der Waals surface area contributed by atoms with Crippen molar-refractivity contribution in [1.29, 1.82) is 0 Å². The molecule has 0 bridgehead atoms. The molecule has 0 saturated carbocycles. The lowest BCUT2D eigenvalue weighted by atomic mass is 10.2. The van der Waals surface area contributed by atoms with Gasteiger partial charge in [-0.15, -0.1) is 10.2 Å². The average molecular weight is 502 g/mol. The lowest BCUT2D eigenvalue weighted by Crippen LogP contribution is -2.30. The summed E-state index contributed by atoms with van der Waals surface area (Å²) < 4.78 is 1.98. The Balaban J connectivity index is 1.39. The maximum Gasteiger partial charge on any atom is 0.242 e. The Morgan fingerprint density at radius 3 is 2.29 bits per heavy atom. The molecular formula is C26H23N5O2S2. The van der Waals surface area contributed by atoms with Crippen LogP contribution in [-0.2, 0) is 16.1 Å². The summed E-state index contributed by atoms with van der Waals surface area (Å²) >= 11 is 3.05. The maximum atomic E-state index is 13.5. The summed E-state index contributed by atoms with van der Waals surface area (Å²) in [5.74, 6) is 0.764. The quantitative estimate of drug-likeness (QED) is 0.334. The number of aromatic nitrogens is 3. The molecule has 3 aromatic carbocycles. The van der Waals surface area contributed by atoms with E-state index in [1.807, 2.05) is 84.3 Å². The zero-order valence-corrected chi connectivity index (χ0v) is 20.9. The van der Waals surface area contributed by atoms with Gasteiger partial charge in [0.2, 0.25) is 11.8 Å². The Morgan fingerprint density at radius 2 is 1.63 bits per heavy atom. The van der Waals surface area contributed by atoms with Crippen molar-refractivity contribution in [1.82, 2.24) is 14.8 Å². The minimum Gasteiger partial charge on any atom is -0.326 e. The molecule has 2 heterocycles. The molecule has 9 heteroatoms. The van der Waals surface area contributed by atoms with Crippen LogP contribution in [0.5, 0.6) is 0 Å². The van der Waals surface area contributed by atoms with Crippen molar-refractivity contribution in [2.24, 2.45) is 0 Å². The van der Waals surface area contributed by atoms with Gasteiger partial charge in [-0.2, -0.15) is 0 Å². The molecule has 0 aliphatic carbocycles. The Bertz CT molecular complexity index is 1370. The van der Waals surface area contributed by atoms with E-state index in [9.17, 15) is 9.59 Å². The summed E-state index contributed by atoms with van der Waals surface area (Å²) in [7, 11) is 0. The highest BCUT2D eigenvalue weighted by Crippen LogP contribution is 2.48. The fraction of sp³-hybridized carbons (Fsp3) is 0.154. The number of benzene rings is 3. The molecule has 0 unspecified atom stereocenters. The van der Waals surface area contributed by atoms with Gasteiger partial charge in [0.1, 0.15) is 0 Å². The number of hydrogen-bond donors (Lipinski definition) is 1. The predicted octanol–water partition coefficient (Wildman–Crippen LogP) is 5.85. The Morgan fingerprint density at radius 1 is 0.943 bits per heavy atom. The van der Waals surface area contributed by atoms with E-state index in [2.05, 4.69) is 15.5 Å². The molecule has 5 rings (SSSR count). The first-order chi connectivity index (χ1) is 17.0. The first-order valence-electron chi connectivity index (χ1n) is 11.2. The van der Waals surface area contributed by atoms with Crippen LogP contribution in [0, 0.1) is 0 Å². The highest BCUT2D eigenvalue weighted by Gasteiger charge is 2.28. The Hall–Kier alpha value is -3.56. The highest BCUT2D eigenvalue weighted by molar-refractivity contribution is 8.00. The molecule has 2 amide bonds. The third-order valence-electron chi connectivity index (χ3n) is 5.48. The average Bonchev–Trinajstić information content (AvgIpc) is 3.28. The van der Waals surface area contributed by atoms with Crippen LogP contribution < -0.4 is 10.2 Å². The van der Waals surface area contributed by atoms with E-state index in [1.165, 1.54) is 18.7 Å². The number of para-hydroxylation sites is 2. The fourth-order valence-corrected chi connectivity index (χ4v) is 5.91. The van der Waals surface area contributed by atoms with Crippen LogP contribution in [-0.4, -0.2) is 32.3 Å². The van der Waals surface area contributed by atoms with Crippen LogP contribution in [0.2, 0.25) is 0 Å². The predicted molar refractivity (Wildman–Crippen MR) is 140 cm³/mol. The number of hydrogen-bond acceptors (Lipinski definition) is 6. The van der Waals surface area contributed by atoms with Crippen molar-refractivity contribution in [3.05, 3.63) is 72.8 Å². The molecule has 7 nitrogen and oxygen atoms in total. The summed E-state index contributed by atoms with van der Waals surface area (Å²) in [6, 6.07) is 23.4. The van der Waals surface area contributed by atoms with Gasteiger partial charge in [0.15, 0.2) is 11.0 Å². The van der Waals surface area contributed by atoms with E-state index < -0.39 is 0 Å². The smallest absolute Gasteiger partial charge is 0.242 e. The number of thioether (sulfide) groups is 1. The SMILES string of the molecule is CCn1c(SCC(=O)N2c3ccccc3Sc3ccccc32)nnc1-c1cccc(NC(C)=O)c1. The van der Waals surface area contributed by atoms with Crippen LogP contribution >= 0.6 is 23.5 Å². The van der Waals surface area contributed by atoms with Crippen LogP contribution in [0.1, 0.15) is 13.8 Å². The second-order valence-electron chi connectivity index (χ2n) is 7.87. The van der Waals surface area contributed by atoms with Gasteiger partial charge in [0, 0.05) is 34.5 Å². The van der Waals surface area contributed by atoms with Crippen molar-refractivity contribution in [2.75, 3.05) is 16.0 Å². The number of rotatable bonds is 6. The minimum atomic E-state index is -0.131. The molecule has 35 heavy (non-hydrogen) atoms. The van der Waals surface area contributed by atoms with Crippen molar-refractivity contribution < 1.29 is 9.59 Å². The second-order valence-corrected chi connectivity index (χ2v) is 9.89. The number of fused-ring (bicyclic) bond motifs is 2. The molecule has 1 aliphatic rings. The molecule has 0 saturated heterocycles. The summed E-state index contributed by atoms with van der Waals surface area (Å²) in [4.78, 5) is 28.9. The topological polar surface area (TPSA) is 80.1 Å². The van der Waals surface area contributed by atoms with E-state index in [4.69, 9.17) is 0 Å². The van der Waals surface area contributed by atoms with E-state index in [0.29, 0.717) is 23.2 Å². The number of nitrogens with one attached hydrogen (secondary N) is 1. The zero-order chi connectivity index (χ0) is 24.4. The first kappa shape index (κ1) is 23.2. The third kappa shape index (κ3) is 4.69. The molecule has 1 aliphatic heterocycles. The molecule has 176 valence electrons. The molecule has 0 radical (unpaired) electrons. The van der Waals surface area contributed by atoms with Crippen LogP contribution in [0.25, 0.3) is 11.4 Å². The molecule has 1 aromatic heterocycles. The van der Waals surface area contributed by atoms with Gasteiger partial charge in [0.25, 0.3) is 0 Å². The van der Waals surface area contributed by atoms with Gasteiger partial charge in [-0.25, -0.2) is 0 Å². The van der Waals surface area contributed by atoms with Crippen LogP contribution in [0.3, 0.4) is 0 Å². The standard InChI is InChI=1S/C26H23N5O2S2/c1-3-30-25(18-9-8-10-19(15-18)27-17(2)32)28-29-26(30)34-16-24(33)31-20-11-4-6-13-22(20)35-23-14-7-5-12-21(23)31/h4-15H,3,16H2,1-2H3,(H,27,32). The summed E-state index contributed by atoms with van der Waals surface area (Å²) in [6.45, 7) is 4.14. The Kier molecular flexibility index (Phi) is 6.61. The highest BCUT2D eigenvalue weighted by atomic mass is 32.2. The number of carbonyl (C=O) groups is 2. The fourth-order valence-electron chi connectivity index (χ4n) is 4.00.